The van der Waals surface area contributed by atoms with Gasteiger partial charge < -0.3 is 10.2 Å². The van der Waals surface area contributed by atoms with Crippen molar-refractivity contribution in [2.45, 2.75) is 25.2 Å². The van der Waals surface area contributed by atoms with Crippen LogP contribution in [0.5, 0.6) is 0 Å². The van der Waals surface area contributed by atoms with E-state index < -0.39 is 22.8 Å². The SMILES string of the molecule is CC1(C(=O)O)CC=CC(C(=O)O)(c2ccc(I)cc2)C1. The predicted molar refractivity (Wildman–Crippen MR) is 82.6 cm³/mol. The highest BCUT2D eigenvalue weighted by Gasteiger charge is 2.49. The fourth-order valence-corrected chi connectivity index (χ4v) is 3.01. The molecule has 0 saturated heterocycles. The molecular formula is C15H15IO4. The first kappa shape index (κ1) is 15.0. The van der Waals surface area contributed by atoms with E-state index in [1.54, 1.807) is 31.2 Å². The number of benzene rings is 1. The Balaban J connectivity index is 2.54. The molecule has 2 unspecified atom stereocenters. The van der Waals surface area contributed by atoms with Crippen LogP contribution < -0.4 is 0 Å². The molecule has 0 aliphatic heterocycles. The second kappa shape index (κ2) is 5.20. The number of carbonyl (C=O) groups is 2. The maximum absolute atomic E-state index is 11.8. The summed E-state index contributed by atoms with van der Waals surface area (Å²) in [5, 5.41) is 19.1. The minimum absolute atomic E-state index is 0.0573. The van der Waals surface area contributed by atoms with Gasteiger partial charge in [-0.1, -0.05) is 24.3 Å². The highest BCUT2D eigenvalue weighted by molar-refractivity contribution is 14.1. The first-order valence-corrected chi connectivity index (χ1v) is 7.29. The van der Waals surface area contributed by atoms with Gasteiger partial charge in [0.15, 0.2) is 0 Å². The maximum atomic E-state index is 11.8. The van der Waals surface area contributed by atoms with Gasteiger partial charge in [-0.25, -0.2) is 0 Å². The average molecular weight is 386 g/mol. The summed E-state index contributed by atoms with van der Waals surface area (Å²) in [4.78, 5) is 23.3. The molecule has 0 radical (unpaired) electrons. The van der Waals surface area contributed by atoms with Crippen molar-refractivity contribution in [1.29, 1.82) is 0 Å². The van der Waals surface area contributed by atoms with Gasteiger partial charge in [-0.3, -0.25) is 9.59 Å². The Bertz CT molecular complexity index is 578. The van der Waals surface area contributed by atoms with Crippen molar-refractivity contribution >= 4 is 34.5 Å². The van der Waals surface area contributed by atoms with Crippen molar-refractivity contribution in [3.8, 4) is 0 Å². The van der Waals surface area contributed by atoms with Crippen molar-refractivity contribution in [2.75, 3.05) is 0 Å². The van der Waals surface area contributed by atoms with Crippen molar-refractivity contribution in [2.24, 2.45) is 5.41 Å². The van der Waals surface area contributed by atoms with E-state index >= 15 is 0 Å². The summed E-state index contributed by atoms with van der Waals surface area (Å²) in [6.45, 7) is 1.60. The lowest BCUT2D eigenvalue weighted by atomic mass is 9.63. The first-order chi connectivity index (χ1) is 9.30. The smallest absolute Gasteiger partial charge is 0.318 e. The number of hydrogen-bond acceptors (Lipinski definition) is 2. The van der Waals surface area contributed by atoms with E-state index in [9.17, 15) is 19.8 Å². The van der Waals surface area contributed by atoms with E-state index in [2.05, 4.69) is 22.6 Å². The van der Waals surface area contributed by atoms with E-state index in [0.29, 0.717) is 12.0 Å². The Morgan fingerprint density at radius 1 is 1.15 bits per heavy atom. The molecule has 1 aliphatic rings. The molecule has 106 valence electrons. The Kier molecular flexibility index (Phi) is 3.90. The van der Waals surface area contributed by atoms with Gasteiger partial charge in [0.25, 0.3) is 0 Å². The third-order valence-corrected chi connectivity index (χ3v) is 4.62. The number of hydrogen-bond donors (Lipinski definition) is 2. The second-order valence-corrected chi connectivity index (χ2v) is 6.68. The monoisotopic (exact) mass is 386 g/mol. The normalized spacial score (nSPS) is 29.1. The zero-order valence-electron chi connectivity index (χ0n) is 11.0. The van der Waals surface area contributed by atoms with Crippen LogP contribution in [0.2, 0.25) is 0 Å². The zero-order chi connectivity index (χ0) is 15.0. The molecule has 0 aromatic heterocycles. The van der Waals surface area contributed by atoms with Crippen LogP contribution >= 0.6 is 22.6 Å². The van der Waals surface area contributed by atoms with Gasteiger partial charge in [0, 0.05) is 3.57 Å². The molecule has 2 N–H and O–H groups in total. The van der Waals surface area contributed by atoms with Gasteiger partial charge in [0.05, 0.1) is 5.41 Å². The van der Waals surface area contributed by atoms with Crippen LogP contribution in [0.1, 0.15) is 25.3 Å². The lowest BCUT2D eigenvalue weighted by Crippen LogP contribution is -2.44. The zero-order valence-corrected chi connectivity index (χ0v) is 13.1. The lowest BCUT2D eigenvalue weighted by Gasteiger charge is -2.38. The molecule has 1 aromatic rings. The predicted octanol–water partition coefficient (Wildman–Crippen LogP) is 3.05. The highest BCUT2D eigenvalue weighted by atomic mass is 127. The third kappa shape index (κ3) is 2.46. The van der Waals surface area contributed by atoms with Crippen molar-refractivity contribution < 1.29 is 19.8 Å². The van der Waals surface area contributed by atoms with Gasteiger partial charge in [-0.05, 0) is 60.1 Å². The Morgan fingerprint density at radius 3 is 2.25 bits per heavy atom. The van der Waals surface area contributed by atoms with E-state index in [4.69, 9.17) is 0 Å². The molecule has 0 bridgehead atoms. The largest absolute Gasteiger partial charge is 0.481 e. The van der Waals surface area contributed by atoms with Gasteiger partial charge in [-0.15, -0.1) is 0 Å². The first-order valence-electron chi connectivity index (χ1n) is 6.21. The number of aliphatic carboxylic acids is 2. The number of allylic oxidation sites excluding steroid dienone is 1. The van der Waals surface area contributed by atoms with Crippen LogP contribution in [0.15, 0.2) is 36.4 Å². The summed E-state index contributed by atoms with van der Waals surface area (Å²) in [5.41, 5.74) is -1.71. The molecule has 4 nitrogen and oxygen atoms in total. The minimum Gasteiger partial charge on any atom is -0.481 e. The number of halogens is 1. The van der Waals surface area contributed by atoms with Crippen molar-refractivity contribution in [1.82, 2.24) is 0 Å². The molecular weight excluding hydrogens is 371 g/mol. The number of carboxylic acid groups (broad SMARTS) is 2. The topological polar surface area (TPSA) is 74.6 Å². The third-order valence-electron chi connectivity index (χ3n) is 3.90. The minimum atomic E-state index is -1.27. The molecule has 2 atom stereocenters. The van der Waals surface area contributed by atoms with Crippen LogP contribution in [-0.4, -0.2) is 22.2 Å². The van der Waals surface area contributed by atoms with Crippen molar-refractivity contribution in [3.63, 3.8) is 0 Å². The summed E-state index contributed by atoms with van der Waals surface area (Å²) < 4.78 is 1.01. The molecule has 1 aliphatic carbocycles. The molecule has 5 heteroatoms. The highest BCUT2D eigenvalue weighted by Crippen LogP contribution is 2.44. The molecule has 1 aromatic carbocycles. The molecule has 0 amide bonds. The second-order valence-electron chi connectivity index (χ2n) is 5.43. The fourth-order valence-electron chi connectivity index (χ4n) is 2.65. The lowest BCUT2D eigenvalue weighted by molar-refractivity contribution is -0.152. The molecule has 0 saturated carbocycles. The van der Waals surface area contributed by atoms with Crippen LogP contribution in [0.25, 0.3) is 0 Å². The molecule has 0 fully saturated rings. The van der Waals surface area contributed by atoms with Crippen LogP contribution in [0.4, 0.5) is 0 Å². The van der Waals surface area contributed by atoms with E-state index in [1.807, 2.05) is 12.1 Å². The molecule has 20 heavy (non-hydrogen) atoms. The number of carboxylic acids is 2. The van der Waals surface area contributed by atoms with Crippen LogP contribution in [-0.2, 0) is 15.0 Å². The van der Waals surface area contributed by atoms with Gasteiger partial charge in [0.2, 0.25) is 0 Å². The van der Waals surface area contributed by atoms with E-state index in [0.717, 1.165) is 3.57 Å². The quantitative estimate of drug-likeness (QED) is 0.619. The van der Waals surface area contributed by atoms with Gasteiger partial charge in [-0.2, -0.15) is 0 Å². The standard InChI is InChI=1S/C15H15IO4/c1-14(12(17)18)7-2-8-15(9-14,13(19)20)10-3-5-11(16)6-4-10/h2-6,8H,7,9H2,1H3,(H,17,18)(H,19,20). The summed E-state index contributed by atoms with van der Waals surface area (Å²) in [7, 11) is 0. The molecule has 0 heterocycles. The average Bonchev–Trinajstić information content (AvgIpc) is 2.39. The van der Waals surface area contributed by atoms with E-state index in [1.165, 1.54) is 0 Å². The Morgan fingerprint density at radius 2 is 1.75 bits per heavy atom. The maximum Gasteiger partial charge on any atom is 0.318 e. The summed E-state index contributed by atoms with van der Waals surface area (Å²) in [6, 6.07) is 7.18. The molecule has 2 rings (SSSR count). The van der Waals surface area contributed by atoms with E-state index in [-0.39, 0.29) is 6.42 Å². The van der Waals surface area contributed by atoms with Crippen LogP contribution in [0.3, 0.4) is 0 Å². The summed E-state index contributed by atoms with van der Waals surface area (Å²) in [5.74, 6) is -1.97. The van der Waals surface area contributed by atoms with Crippen molar-refractivity contribution in [3.05, 3.63) is 45.6 Å². The summed E-state index contributed by atoms with van der Waals surface area (Å²) >= 11 is 2.15. The summed E-state index contributed by atoms with van der Waals surface area (Å²) in [6.07, 6.45) is 3.70. The van der Waals surface area contributed by atoms with Gasteiger partial charge in [0.1, 0.15) is 5.41 Å². The van der Waals surface area contributed by atoms with Gasteiger partial charge >= 0.3 is 11.9 Å². The molecule has 0 spiro atoms. The fraction of sp³-hybridized carbons (Fsp3) is 0.333. The Hall–Kier alpha value is -1.37. The Labute approximate surface area is 130 Å². The number of rotatable bonds is 3. The van der Waals surface area contributed by atoms with Crippen LogP contribution in [0, 0.1) is 8.99 Å².